The lowest BCUT2D eigenvalue weighted by Gasteiger charge is -2.17. The molecule has 1 aromatic carbocycles. The molecule has 3 N–H and O–H groups in total. The van der Waals surface area contributed by atoms with Gasteiger partial charge < -0.3 is 20.5 Å². The minimum atomic E-state index is -3.75. The van der Waals surface area contributed by atoms with Crippen LogP contribution in [-0.4, -0.2) is 69.1 Å². The van der Waals surface area contributed by atoms with E-state index in [0.717, 1.165) is 17.1 Å². The highest BCUT2D eigenvalue weighted by Crippen LogP contribution is 2.24. The Kier molecular flexibility index (Phi) is 6.79. The van der Waals surface area contributed by atoms with Gasteiger partial charge in [0.05, 0.1) is 17.1 Å². The molecule has 0 bridgehead atoms. The number of sulfonamides is 1. The number of rotatable bonds is 9. The highest BCUT2D eigenvalue weighted by molar-refractivity contribution is 7.89. The fourth-order valence-electron chi connectivity index (χ4n) is 2.23. The first-order valence-electron chi connectivity index (χ1n) is 8.59. The molecule has 0 unspecified atom stereocenters. The molecular weight excluding hydrogens is 374 g/mol. The summed E-state index contributed by atoms with van der Waals surface area (Å²) in [5.74, 6) is -1.22. The third-order valence-corrected chi connectivity index (χ3v) is 5.80. The molecule has 0 spiro atoms. The average Bonchev–Trinajstić information content (AvgIpc) is 3.43. The maximum absolute atomic E-state index is 12.6. The number of ether oxygens (including phenoxy) is 1. The fraction of sp³-hybridized carbons (Fsp3) is 0.529. The predicted molar refractivity (Wildman–Crippen MR) is 98.9 cm³/mol. The van der Waals surface area contributed by atoms with Crippen LogP contribution in [-0.2, 0) is 19.6 Å². The van der Waals surface area contributed by atoms with Crippen LogP contribution >= 0.6 is 0 Å². The zero-order valence-electron chi connectivity index (χ0n) is 15.6. The molecule has 1 aliphatic carbocycles. The van der Waals surface area contributed by atoms with Crippen LogP contribution in [0, 0.1) is 0 Å². The first-order chi connectivity index (χ1) is 12.7. The van der Waals surface area contributed by atoms with Crippen molar-refractivity contribution in [1.82, 2.24) is 9.62 Å². The molecule has 1 fully saturated rings. The molecule has 1 atom stereocenters. The van der Waals surface area contributed by atoms with E-state index in [1.54, 1.807) is 0 Å². The van der Waals surface area contributed by atoms with Crippen LogP contribution in [0.15, 0.2) is 23.1 Å². The van der Waals surface area contributed by atoms with Crippen molar-refractivity contribution in [3.63, 3.8) is 0 Å². The zero-order valence-corrected chi connectivity index (χ0v) is 16.4. The second-order valence-electron chi connectivity index (χ2n) is 6.48. The minimum absolute atomic E-state index is 0.0301. The van der Waals surface area contributed by atoms with Gasteiger partial charge in [0.15, 0.2) is 6.10 Å². The molecule has 0 aliphatic heterocycles. The second-order valence-corrected chi connectivity index (χ2v) is 8.63. The number of amides is 1. The number of hydrogen-bond donors (Lipinski definition) is 3. The van der Waals surface area contributed by atoms with Gasteiger partial charge in [0.25, 0.3) is 5.91 Å². The molecule has 2 rings (SSSR count). The smallest absolute Gasteiger partial charge is 0.341 e. The standard InChI is InChI=1S/C17H25N3O6S/c1-11(16(22)19-12-4-5-12)26-17(23)14-10-13(27(24,25)20(2)3)6-7-15(14)18-8-9-21/h6-7,10-12,18,21H,4-5,8-9H2,1-3H3,(H,19,22)/t11-/m1/s1. The normalized spacial score (nSPS) is 15.3. The first-order valence-corrected chi connectivity index (χ1v) is 10.0. The molecule has 0 radical (unpaired) electrons. The van der Waals surface area contributed by atoms with Gasteiger partial charge in [-0.2, -0.15) is 0 Å². The zero-order chi connectivity index (χ0) is 20.2. The quantitative estimate of drug-likeness (QED) is 0.505. The van der Waals surface area contributed by atoms with Crippen molar-refractivity contribution in [2.75, 3.05) is 32.6 Å². The average molecular weight is 399 g/mol. The predicted octanol–water partition coefficient (Wildman–Crippen LogP) is 0.165. The number of nitrogens with one attached hydrogen (secondary N) is 2. The molecular formula is C17H25N3O6S. The second kappa shape index (κ2) is 8.68. The lowest BCUT2D eigenvalue weighted by molar-refractivity contribution is -0.129. The van der Waals surface area contributed by atoms with Crippen LogP contribution in [0.1, 0.15) is 30.1 Å². The van der Waals surface area contributed by atoms with Crippen molar-refractivity contribution in [3.8, 4) is 0 Å². The van der Waals surface area contributed by atoms with Crippen molar-refractivity contribution < 1.29 is 27.9 Å². The highest BCUT2D eigenvalue weighted by atomic mass is 32.2. The van der Waals surface area contributed by atoms with E-state index in [9.17, 15) is 18.0 Å². The van der Waals surface area contributed by atoms with Gasteiger partial charge in [0, 0.05) is 32.4 Å². The number of carbonyl (C=O) groups excluding carboxylic acids is 2. The summed E-state index contributed by atoms with van der Waals surface area (Å²) in [6.45, 7) is 1.45. The molecule has 0 saturated heterocycles. The van der Waals surface area contributed by atoms with Crippen LogP contribution in [0.3, 0.4) is 0 Å². The SMILES string of the molecule is C[C@@H](OC(=O)c1cc(S(=O)(=O)N(C)C)ccc1NCCO)C(=O)NC1CC1. The van der Waals surface area contributed by atoms with Gasteiger partial charge in [-0.3, -0.25) is 4.79 Å². The Balaban J connectivity index is 2.26. The topological polar surface area (TPSA) is 125 Å². The summed E-state index contributed by atoms with van der Waals surface area (Å²) in [5, 5.41) is 14.6. The summed E-state index contributed by atoms with van der Waals surface area (Å²) >= 11 is 0. The van der Waals surface area contributed by atoms with Crippen LogP contribution < -0.4 is 10.6 Å². The van der Waals surface area contributed by atoms with Gasteiger partial charge in [0.1, 0.15) is 0 Å². The Bertz CT molecular complexity index is 805. The molecule has 150 valence electrons. The lowest BCUT2D eigenvalue weighted by Crippen LogP contribution is -2.37. The molecule has 1 aromatic rings. The number of aliphatic hydroxyl groups excluding tert-OH is 1. The molecule has 1 saturated carbocycles. The molecule has 9 nitrogen and oxygen atoms in total. The summed E-state index contributed by atoms with van der Waals surface area (Å²) in [6.07, 6.45) is 0.802. The van der Waals surface area contributed by atoms with E-state index >= 15 is 0 Å². The number of benzene rings is 1. The van der Waals surface area contributed by atoms with Crippen molar-refractivity contribution in [1.29, 1.82) is 0 Å². The molecule has 0 aromatic heterocycles. The molecule has 1 amide bonds. The number of carbonyl (C=O) groups is 2. The Morgan fingerprint density at radius 2 is 2.00 bits per heavy atom. The molecule has 1 aliphatic rings. The van der Waals surface area contributed by atoms with Crippen LogP contribution in [0.25, 0.3) is 0 Å². The molecule has 27 heavy (non-hydrogen) atoms. The largest absolute Gasteiger partial charge is 0.449 e. The van der Waals surface area contributed by atoms with Crippen molar-refractivity contribution in [2.45, 2.75) is 36.8 Å². The van der Waals surface area contributed by atoms with E-state index in [0.29, 0.717) is 5.69 Å². The third kappa shape index (κ3) is 5.41. The fourth-order valence-corrected chi connectivity index (χ4v) is 3.16. The van der Waals surface area contributed by atoms with Gasteiger partial charge in [-0.05, 0) is 38.0 Å². The molecule has 0 heterocycles. The minimum Gasteiger partial charge on any atom is -0.449 e. The van der Waals surface area contributed by atoms with Gasteiger partial charge >= 0.3 is 5.97 Å². The monoisotopic (exact) mass is 399 g/mol. The summed E-state index contributed by atoms with van der Waals surface area (Å²) in [7, 11) is -0.985. The van der Waals surface area contributed by atoms with Crippen LogP contribution in [0.2, 0.25) is 0 Å². The van der Waals surface area contributed by atoms with E-state index in [1.807, 2.05) is 0 Å². The number of aliphatic hydroxyl groups is 1. The lowest BCUT2D eigenvalue weighted by atomic mass is 10.1. The van der Waals surface area contributed by atoms with Gasteiger partial charge in [-0.25, -0.2) is 17.5 Å². The van der Waals surface area contributed by atoms with E-state index in [4.69, 9.17) is 9.84 Å². The Morgan fingerprint density at radius 1 is 1.33 bits per heavy atom. The van der Waals surface area contributed by atoms with Crippen LogP contribution in [0.5, 0.6) is 0 Å². The number of anilines is 1. The molecule has 10 heteroatoms. The Morgan fingerprint density at radius 3 is 2.56 bits per heavy atom. The van der Waals surface area contributed by atoms with Crippen molar-refractivity contribution >= 4 is 27.6 Å². The van der Waals surface area contributed by atoms with Gasteiger partial charge in [-0.1, -0.05) is 0 Å². The third-order valence-electron chi connectivity index (χ3n) is 3.99. The van der Waals surface area contributed by atoms with E-state index in [-0.39, 0.29) is 29.7 Å². The Hall–Kier alpha value is -2.17. The van der Waals surface area contributed by atoms with E-state index in [1.165, 1.54) is 39.2 Å². The Labute approximate surface area is 158 Å². The number of nitrogens with zero attached hydrogens (tertiary/aromatic N) is 1. The van der Waals surface area contributed by atoms with Gasteiger partial charge in [-0.15, -0.1) is 0 Å². The summed E-state index contributed by atoms with van der Waals surface area (Å²) in [4.78, 5) is 24.5. The summed E-state index contributed by atoms with van der Waals surface area (Å²) in [6, 6.07) is 4.11. The van der Waals surface area contributed by atoms with E-state index < -0.39 is 28.0 Å². The maximum atomic E-state index is 12.6. The van der Waals surface area contributed by atoms with E-state index in [2.05, 4.69) is 10.6 Å². The highest BCUT2D eigenvalue weighted by Gasteiger charge is 2.28. The number of esters is 1. The van der Waals surface area contributed by atoms with Crippen molar-refractivity contribution in [3.05, 3.63) is 23.8 Å². The summed E-state index contributed by atoms with van der Waals surface area (Å²) < 4.78 is 30.9. The maximum Gasteiger partial charge on any atom is 0.341 e. The van der Waals surface area contributed by atoms with Gasteiger partial charge in [0.2, 0.25) is 10.0 Å². The van der Waals surface area contributed by atoms with Crippen molar-refractivity contribution in [2.24, 2.45) is 0 Å². The number of hydrogen-bond acceptors (Lipinski definition) is 7. The summed E-state index contributed by atoms with van der Waals surface area (Å²) in [5.41, 5.74) is 0.277. The first kappa shape index (κ1) is 21.1. The van der Waals surface area contributed by atoms with Crippen LogP contribution in [0.4, 0.5) is 5.69 Å².